The molecule has 0 atom stereocenters. The molecule has 0 aliphatic rings. The van der Waals surface area contributed by atoms with E-state index in [-0.39, 0.29) is 11.1 Å². The highest BCUT2D eigenvalue weighted by molar-refractivity contribution is 6.89. The number of hydrogen-bond donors (Lipinski definition) is 0. The standard InChI is InChI=1S/C25H32NSi/c1-17-9-11-21(12-10-17)23-15-22(19(3)14-25(23)27(6,7)8)24-13-18(2)20(4)16-26(24)5/h9-16H,1-8H3/q+1/i2D3,4D3. The minimum atomic E-state index is -2.53. The lowest BCUT2D eigenvalue weighted by Crippen LogP contribution is -2.39. The van der Waals surface area contributed by atoms with Gasteiger partial charge >= 0.3 is 0 Å². The fourth-order valence-corrected chi connectivity index (χ4v) is 5.17. The first-order valence-electron chi connectivity index (χ1n) is 12.3. The number of aryl methyl sites for hydroxylation is 5. The number of pyridine rings is 1. The van der Waals surface area contributed by atoms with Crippen molar-refractivity contribution in [3.63, 3.8) is 0 Å². The first-order valence-corrected chi connectivity index (χ1v) is 12.8. The van der Waals surface area contributed by atoms with Crippen LogP contribution in [0.3, 0.4) is 0 Å². The number of benzene rings is 2. The van der Waals surface area contributed by atoms with E-state index in [0.717, 1.165) is 22.3 Å². The van der Waals surface area contributed by atoms with Crippen molar-refractivity contribution in [3.05, 3.63) is 70.9 Å². The smallest absolute Gasteiger partial charge is 0.201 e. The summed E-state index contributed by atoms with van der Waals surface area (Å²) in [4.78, 5) is 0. The second-order valence-corrected chi connectivity index (χ2v) is 13.5. The average molecular weight is 381 g/mol. The van der Waals surface area contributed by atoms with Gasteiger partial charge in [-0.1, -0.05) is 60.7 Å². The molecule has 2 aromatic carbocycles. The maximum atomic E-state index is 7.97. The molecule has 0 saturated heterocycles. The number of hydrogen-bond acceptors (Lipinski definition) is 0. The summed E-state index contributed by atoms with van der Waals surface area (Å²) in [5, 5.41) is 1.34. The normalized spacial score (nSPS) is 15.9. The van der Waals surface area contributed by atoms with Crippen LogP contribution < -0.4 is 9.75 Å². The fraction of sp³-hybridized carbons (Fsp3) is 0.320. The van der Waals surface area contributed by atoms with Crippen LogP contribution in [0.1, 0.15) is 30.5 Å². The van der Waals surface area contributed by atoms with Gasteiger partial charge < -0.3 is 0 Å². The van der Waals surface area contributed by atoms with Crippen molar-refractivity contribution >= 4 is 13.3 Å². The van der Waals surface area contributed by atoms with Crippen LogP contribution in [0, 0.1) is 27.6 Å². The molecule has 0 radical (unpaired) electrons. The summed E-state index contributed by atoms with van der Waals surface area (Å²) in [6.07, 6.45) is 1.45. The van der Waals surface area contributed by atoms with Crippen LogP contribution in [0.25, 0.3) is 22.4 Å². The molecule has 3 aromatic rings. The van der Waals surface area contributed by atoms with Crippen LogP contribution in [0.2, 0.25) is 19.6 Å². The van der Waals surface area contributed by atoms with Gasteiger partial charge in [0, 0.05) is 25.4 Å². The molecular formula is C25H32NSi+. The summed E-state index contributed by atoms with van der Waals surface area (Å²) in [6.45, 7) is 6.00. The Kier molecular flexibility index (Phi) is 3.43. The lowest BCUT2D eigenvalue weighted by atomic mass is 9.96. The van der Waals surface area contributed by atoms with Crippen molar-refractivity contribution < 1.29 is 12.8 Å². The molecule has 2 heteroatoms. The number of nitrogens with zero attached hydrogens (tertiary/aromatic N) is 1. The fourth-order valence-electron chi connectivity index (χ4n) is 3.49. The third-order valence-electron chi connectivity index (χ3n) is 5.09. The van der Waals surface area contributed by atoms with Crippen LogP contribution in [0.4, 0.5) is 0 Å². The zero-order valence-corrected chi connectivity index (χ0v) is 18.1. The predicted molar refractivity (Wildman–Crippen MR) is 120 cm³/mol. The molecule has 0 spiro atoms. The van der Waals surface area contributed by atoms with E-state index >= 15 is 0 Å². The number of aromatic nitrogens is 1. The van der Waals surface area contributed by atoms with Crippen LogP contribution in [-0.4, -0.2) is 8.07 Å². The molecule has 140 valence electrons. The zero-order chi connectivity index (χ0) is 24.9. The van der Waals surface area contributed by atoms with Gasteiger partial charge in [0.25, 0.3) is 0 Å². The van der Waals surface area contributed by atoms with Gasteiger partial charge in [0.05, 0.1) is 8.07 Å². The molecule has 0 aliphatic carbocycles. The van der Waals surface area contributed by atoms with Crippen molar-refractivity contribution in [2.24, 2.45) is 7.05 Å². The second-order valence-electron chi connectivity index (χ2n) is 8.43. The molecule has 0 unspecified atom stereocenters. The van der Waals surface area contributed by atoms with Gasteiger partial charge in [-0.2, -0.15) is 0 Å². The van der Waals surface area contributed by atoms with E-state index in [1.165, 1.54) is 23.0 Å². The first-order chi connectivity index (χ1) is 15.0. The third kappa shape index (κ3) is 3.91. The molecule has 1 heterocycles. The van der Waals surface area contributed by atoms with Crippen molar-refractivity contribution in [2.45, 2.75) is 47.2 Å². The van der Waals surface area contributed by atoms with Crippen molar-refractivity contribution in [3.8, 4) is 22.4 Å². The van der Waals surface area contributed by atoms with E-state index in [4.69, 9.17) is 8.22 Å². The molecule has 3 rings (SSSR count). The highest BCUT2D eigenvalue weighted by Gasteiger charge is 2.24. The van der Waals surface area contributed by atoms with E-state index < -0.39 is 21.8 Å². The summed E-state index contributed by atoms with van der Waals surface area (Å²) in [6, 6.07) is 14.3. The van der Waals surface area contributed by atoms with Gasteiger partial charge in [-0.05, 0) is 55.9 Å². The van der Waals surface area contributed by atoms with Crippen LogP contribution >= 0.6 is 0 Å². The van der Waals surface area contributed by atoms with E-state index in [9.17, 15) is 0 Å². The van der Waals surface area contributed by atoms with Gasteiger partial charge in [0.15, 0.2) is 6.20 Å². The Morgan fingerprint density at radius 2 is 1.48 bits per heavy atom. The number of rotatable bonds is 3. The molecule has 0 bridgehead atoms. The summed E-state index contributed by atoms with van der Waals surface area (Å²) >= 11 is 0. The minimum absolute atomic E-state index is 0.124. The summed E-state index contributed by atoms with van der Waals surface area (Å²) in [7, 11) is 0.0802. The molecule has 0 aliphatic heterocycles. The van der Waals surface area contributed by atoms with Crippen molar-refractivity contribution in [1.82, 2.24) is 0 Å². The quantitative estimate of drug-likeness (QED) is 0.410. The van der Waals surface area contributed by atoms with Gasteiger partial charge in [-0.3, -0.25) is 0 Å². The largest absolute Gasteiger partial charge is 0.212 e. The predicted octanol–water partition coefficient (Wildman–Crippen LogP) is 5.62. The second kappa shape index (κ2) is 7.08. The molecule has 1 aromatic heterocycles. The molecule has 0 amide bonds. The van der Waals surface area contributed by atoms with E-state index in [1.807, 2.05) is 6.92 Å². The monoisotopic (exact) mass is 380 g/mol. The lowest BCUT2D eigenvalue weighted by molar-refractivity contribution is -0.660. The summed E-state index contributed by atoms with van der Waals surface area (Å²) in [5.74, 6) is 0. The SMILES string of the molecule is [2H]C([2H])([2H])c1cc(-c2cc(-c3ccc(C)cc3)c([Si](C)(C)C)cc2C)[n+](C)cc1C([2H])([2H])[2H]. The lowest BCUT2D eigenvalue weighted by Gasteiger charge is -2.23. The molecule has 1 nitrogen and oxygen atoms in total. The van der Waals surface area contributed by atoms with E-state index in [0.29, 0.717) is 5.69 Å². The molecular weight excluding hydrogens is 342 g/mol. The minimum Gasteiger partial charge on any atom is -0.201 e. The van der Waals surface area contributed by atoms with E-state index in [2.05, 4.69) is 63.0 Å². The Labute approximate surface area is 174 Å². The third-order valence-corrected chi connectivity index (χ3v) is 7.11. The Hall–Kier alpha value is -2.19. The maximum absolute atomic E-state index is 7.97. The summed E-state index contributed by atoms with van der Waals surface area (Å²) < 4.78 is 49.2. The van der Waals surface area contributed by atoms with Gasteiger partial charge in [0.2, 0.25) is 5.69 Å². The van der Waals surface area contributed by atoms with E-state index in [1.54, 1.807) is 11.6 Å². The first kappa shape index (κ1) is 13.1. The van der Waals surface area contributed by atoms with Crippen LogP contribution in [0.5, 0.6) is 0 Å². The van der Waals surface area contributed by atoms with Crippen molar-refractivity contribution in [1.29, 1.82) is 0 Å². The molecule has 0 saturated carbocycles. The topological polar surface area (TPSA) is 3.88 Å². The molecule has 0 N–H and O–H groups in total. The van der Waals surface area contributed by atoms with Crippen LogP contribution in [0.15, 0.2) is 48.7 Å². The van der Waals surface area contributed by atoms with Crippen LogP contribution in [-0.2, 0) is 7.05 Å². The van der Waals surface area contributed by atoms with Gasteiger partial charge in [-0.15, -0.1) is 0 Å². The Morgan fingerprint density at radius 1 is 0.815 bits per heavy atom. The summed E-state index contributed by atoms with van der Waals surface area (Å²) in [5.41, 5.74) is 5.82. The maximum Gasteiger partial charge on any atom is 0.212 e. The van der Waals surface area contributed by atoms with Gasteiger partial charge in [0.1, 0.15) is 7.05 Å². The van der Waals surface area contributed by atoms with Gasteiger partial charge in [-0.25, -0.2) is 4.57 Å². The molecule has 0 fully saturated rings. The average Bonchev–Trinajstić information content (AvgIpc) is 2.66. The zero-order valence-electron chi connectivity index (χ0n) is 23.1. The Balaban J connectivity index is 2.36. The van der Waals surface area contributed by atoms with Crippen molar-refractivity contribution in [2.75, 3.05) is 0 Å². The Morgan fingerprint density at radius 3 is 2.07 bits per heavy atom. The molecule has 27 heavy (non-hydrogen) atoms. The highest BCUT2D eigenvalue weighted by Crippen LogP contribution is 2.29. The Bertz CT molecular complexity index is 1190. The highest BCUT2D eigenvalue weighted by atomic mass is 28.3.